The molecular formula is C14H17N. The van der Waals surface area contributed by atoms with Crippen molar-refractivity contribution in [2.24, 2.45) is 0 Å². The molecule has 0 heterocycles. The zero-order valence-corrected chi connectivity index (χ0v) is 9.22. The highest BCUT2D eigenvalue weighted by molar-refractivity contribution is 5.33. The maximum atomic E-state index is 3.56. The van der Waals surface area contributed by atoms with E-state index in [0.717, 1.165) is 13.0 Å². The molecule has 0 aliphatic heterocycles. The Balaban J connectivity index is 1.82. The molecule has 1 aromatic carbocycles. The molecule has 0 aromatic heterocycles. The first-order valence-corrected chi connectivity index (χ1v) is 5.60. The van der Waals surface area contributed by atoms with Gasteiger partial charge in [-0.3, -0.25) is 0 Å². The Morgan fingerprint density at radius 1 is 1.27 bits per heavy atom. The van der Waals surface area contributed by atoms with Gasteiger partial charge in [0.25, 0.3) is 0 Å². The molecule has 1 nitrogen and oxygen atoms in total. The Labute approximate surface area is 91.9 Å². The van der Waals surface area contributed by atoms with Crippen LogP contribution in [-0.2, 0) is 12.8 Å². The molecule has 78 valence electrons. The van der Waals surface area contributed by atoms with Crippen LogP contribution in [0.4, 0.5) is 0 Å². The zero-order valence-electron chi connectivity index (χ0n) is 9.22. The first kappa shape index (κ1) is 10.3. The Bertz CT molecular complexity index is 359. The van der Waals surface area contributed by atoms with Crippen molar-refractivity contribution in [1.29, 1.82) is 0 Å². The average Bonchev–Trinajstić information content (AvgIpc) is 2.67. The van der Waals surface area contributed by atoms with E-state index in [4.69, 9.17) is 0 Å². The molecule has 15 heavy (non-hydrogen) atoms. The number of benzene rings is 1. The molecule has 0 fully saturated rings. The summed E-state index contributed by atoms with van der Waals surface area (Å²) in [5, 5.41) is 3.56. The van der Waals surface area contributed by atoms with Gasteiger partial charge in [0.15, 0.2) is 0 Å². The van der Waals surface area contributed by atoms with Crippen molar-refractivity contribution in [2.45, 2.75) is 32.2 Å². The van der Waals surface area contributed by atoms with Gasteiger partial charge in [0.2, 0.25) is 0 Å². The van der Waals surface area contributed by atoms with Crippen molar-refractivity contribution >= 4 is 0 Å². The highest BCUT2D eigenvalue weighted by Crippen LogP contribution is 2.21. The Morgan fingerprint density at radius 2 is 1.93 bits per heavy atom. The Morgan fingerprint density at radius 3 is 2.53 bits per heavy atom. The van der Waals surface area contributed by atoms with Gasteiger partial charge in [-0.25, -0.2) is 0 Å². The summed E-state index contributed by atoms with van der Waals surface area (Å²) in [6.45, 7) is 2.91. The van der Waals surface area contributed by atoms with E-state index in [1.807, 2.05) is 6.92 Å². The van der Waals surface area contributed by atoms with Crippen molar-refractivity contribution in [1.82, 2.24) is 5.32 Å². The molecule has 0 bridgehead atoms. The number of hydrogen-bond acceptors (Lipinski definition) is 1. The second kappa shape index (κ2) is 5.00. The van der Waals surface area contributed by atoms with E-state index >= 15 is 0 Å². The van der Waals surface area contributed by atoms with E-state index < -0.39 is 0 Å². The van der Waals surface area contributed by atoms with Crippen LogP contribution in [0.3, 0.4) is 0 Å². The summed E-state index contributed by atoms with van der Waals surface area (Å²) >= 11 is 0. The number of fused-ring (bicyclic) bond motifs is 1. The fourth-order valence-electron chi connectivity index (χ4n) is 2.17. The minimum absolute atomic E-state index is 0.626. The van der Waals surface area contributed by atoms with Crippen molar-refractivity contribution in [3.05, 3.63) is 35.4 Å². The molecule has 0 saturated carbocycles. The lowest BCUT2D eigenvalue weighted by Gasteiger charge is -2.09. The first-order valence-electron chi connectivity index (χ1n) is 5.60. The molecule has 0 spiro atoms. The summed E-state index contributed by atoms with van der Waals surface area (Å²) in [4.78, 5) is 0. The summed E-state index contributed by atoms with van der Waals surface area (Å²) in [7, 11) is 0. The van der Waals surface area contributed by atoms with Crippen molar-refractivity contribution < 1.29 is 0 Å². The molecule has 1 aliphatic carbocycles. The van der Waals surface area contributed by atoms with Crippen LogP contribution in [0.2, 0.25) is 0 Å². The molecular weight excluding hydrogens is 182 g/mol. The van der Waals surface area contributed by atoms with Gasteiger partial charge in [-0.15, -0.1) is 11.8 Å². The minimum Gasteiger partial charge on any atom is -0.312 e. The van der Waals surface area contributed by atoms with Crippen LogP contribution >= 0.6 is 0 Å². The second-order valence-corrected chi connectivity index (χ2v) is 4.00. The quantitative estimate of drug-likeness (QED) is 0.581. The molecule has 0 atom stereocenters. The maximum Gasteiger partial charge on any atom is 0.0214 e. The van der Waals surface area contributed by atoms with Gasteiger partial charge in [0.1, 0.15) is 0 Å². The second-order valence-electron chi connectivity index (χ2n) is 4.00. The fourth-order valence-corrected chi connectivity index (χ4v) is 2.17. The van der Waals surface area contributed by atoms with Gasteiger partial charge in [0.05, 0.1) is 0 Å². The number of nitrogens with one attached hydrogen (secondary N) is 1. The number of hydrogen-bond donors (Lipinski definition) is 1. The smallest absolute Gasteiger partial charge is 0.0214 e. The summed E-state index contributed by atoms with van der Waals surface area (Å²) < 4.78 is 0. The molecule has 0 unspecified atom stereocenters. The predicted octanol–water partition coefficient (Wildman–Crippen LogP) is 2.16. The molecule has 0 radical (unpaired) electrons. The van der Waals surface area contributed by atoms with Crippen LogP contribution < -0.4 is 5.32 Å². The molecule has 0 saturated heterocycles. The molecule has 1 aromatic rings. The largest absolute Gasteiger partial charge is 0.312 e. The van der Waals surface area contributed by atoms with E-state index in [-0.39, 0.29) is 0 Å². The highest BCUT2D eigenvalue weighted by atomic mass is 14.9. The van der Waals surface area contributed by atoms with E-state index in [1.54, 1.807) is 0 Å². The van der Waals surface area contributed by atoms with E-state index in [1.165, 1.54) is 24.0 Å². The predicted molar refractivity (Wildman–Crippen MR) is 63.7 cm³/mol. The van der Waals surface area contributed by atoms with Gasteiger partial charge in [-0.05, 0) is 30.9 Å². The van der Waals surface area contributed by atoms with Crippen LogP contribution in [-0.4, -0.2) is 12.6 Å². The Kier molecular flexibility index (Phi) is 3.42. The van der Waals surface area contributed by atoms with E-state index in [0.29, 0.717) is 6.04 Å². The van der Waals surface area contributed by atoms with Crippen molar-refractivity contribution in [2.75, 3.05) is 6.54 Å². The van der Waals surface area contributed by atoms with Crippen LogP contribution in [0.1, 0.15) is 24.5 Å². The standard InChI is InChI=1S/C14H17N/c1-2-3-6-9-15-14-10-12-7-4-5-8-13(12)11-14/h4-5,7-8,14-15H,6,9-11H2,1H3. The van der Waals surface area contributed by atoms with Gasteiger partial charge in [-0.2, -0.15) is 0 Å². The molecule has 2 rings (SSSR count). The average molecular weight is 199 g/mol. The molecule has 1 heteroatoms. The number of rotatable bonds is 3. The molecule has 1 aliphatic rings. The van der Waals surface area contributed by atoms with Gasteiger partial charge in [0, 0.05) is 19.0 Å². The topological polar surface area (TPSA) is 12.0 Å². The third-order valence-corrected chi connectivity index (χ3v) is 2.91. The van der Waals surface area contributed by atoms with Crippen molar-refractivity contribution in [3.63, 3.8) is 0 Å². The minimum atomic E-state index is 0.626. The van der Waals surface area contributed by atoms with Crippen LogP contribution in [0.15, 0.2) is 24.3 Å². The monoisotopic (exact) mass is 199 g/mol. The zero-order chi connectivity index (χ0) is 10.5. The van der Waals surface area contributed by atoms with E-state index in [9.17, 15) is 0 Å². The highest BCUT2D eigenvalue weighted by Gasteiger charge is 2.19. The van der Waals surface area contributed by atoms with Crippen molar-refractivity contribution in [3.8, 4) is 11.8 Å². The fraction of sp³-hybridized carbons (Fsp3) is 0.429. The first-order chi connectivity index (χ1) is 7.40. The van der Waals surface area contributed by atoms with E-state index in [2.05, 4.69) is 41.4 Å². The Hall–Kier alpha value is -1.26. The lowest BCUT2D eigenvalue weighted by atomic mass is 10.1. The van der Waals surface area contributed by atoms with Crippen LogP contribution in [0.5, 0.6) is 0 Å². The van der Waals surface area contributed by atoms with Gasteiger partial charge < -0.3 is 5.32 Å². The third-order valence-electron chi connectivity index (χ3n) is 2.91. The van der Waals surface area contributed by atoms with Gasteiger partial charge >= 0.3 is 0 Å². The maximum absolute atomic E-state index is 3.56. The summed E-state index contributed by atoms with van der Waals surface area (Å²) in [6.07, 6.45) is 3.31. The van der Waals surface area contributed by atoms with Crippen LogP contribution in [0, 0.1) is 11.8 Å². The molecule has 0 amide bonds. The summed E-state index contributed by atoms with van der Waals surface area (Å²) in [5.74, 6) is 6.00. The van der Waals surface area contributed by atoms with Crippen LogP contribution in [0.25, 0.3) is 0 Å². The SMILES string of the molecule is CC#CCCNC1Cc2ccccc2C1. The summed E-state index contributed by atoms with van der Waals surface area (Å²) in [6, 6.07) is 9.36. The lowest BCUT2D eigenvalue weighted by Crippen LogP contribution is -2.30. The van der Waals surface area contributed by atoms with Gasteiger partial charge in [-0.1, -0.05) is 24.3 Å². The normalized spacial score (nSPS) is 14.5. The lowest BCUT2D eigenvalue weighted by molar-refractivity contribution is 0.541. The summed E-state index contributed by atoms with van der Waals surface area (Å²) in [5.41, 5.74) is 3.02. The molecule has 1 N–H and O–H groups in total. The third kappa shape index (κ3) is 2.61.